The number of aromatic nitrogens is 2. The van der Waals surface area contributed by atoms with Gasteiger partial charge >= 0.3 is 0 Å². The minimum absolute atomic E-state index is 0.327. The number of fused-ring (bicyclic) bond motifs is 1. The van der Waals surface area contributed by atoms with Crippen molar-refractivity contribution in [3.63, 3.8) is 0 Å². The minimum atomic E-state index is -0.850. The van der Waals surface area contributed by atoms with Crippen molar-refractivity contribution in [1.82, 2.24) is 19.8 Å². The van der Waals surface area contributed by atoms with Gasteiger partial charge < -0.3 is 34.2 Å². The maximum Gasteiger partial charge on any atom is 0.213 e. The number of piperidine rings is 1. The van der Waals surface area contributed by atoms with Crippen LogP contribution in [-0.2, 0) is 0 Å². The number of aliphatic hydroxyl groups excluding tert-OH is 1. The molecule has 2 aromatic heterocycles. The second-order valence-corrected chi connectivity index (χ2v) is 11.5. The molecular formula is C29H35FN6O3. The van der Waals surface area contributed by atoms with Gasteiger partial charge in [0, 0.05) is 50.6 Å². The number of nitrogens with zero attached hydrogens (tertiary/aromatic N) is 6. The number of halogens is 1. The largest absolute Gasteiger partial charge is 0.489 e. The van der Waals surface area contributed by atoms with Gasteiger partial charge in [-0.3, -0.25) is 4.98 Å². The molecule has 7 rings (SSSR count). The Kier molecular flexibility index (Phi) is 6.02. The topological polar surface area (TPSA) is 77.4 Å². The van der Waals surface area contributed by atoms with Gasteiger partial charge in [0.05, 0.1) is 40.6 Å². The van der Waals surface area contributed by atoms with E-state index in [2.05, 4.69) is 19.8 Å². The van der Waals surface area contributed by atoms with Crippen molar-refractivity contribution in [3.05, 3.63) is 36.4 Å². The number of likely N-dealkylation sites (tertiary alicyclic amines) is 2. The third kappa shape index (κ3) is 3.99. The number of rotatable bonds is 6. The van der Waals surface area contributed by atoms with Crippen LogP contribution in [0, 0.1) is 5.82 Å². The number of likely N-dealkylation sites (N-methyl/N-ethyl adjacent to an activating group) is 1. The summed E-state index contributed by atoms with van der Waals surface area (Å²) in [7, 11) is 3.90. The standard InChI is InChI=1S/C29H35FN6O3/c1-33-16-29(17-33)18-39-27-24(19-7-8-23(32-14-19)38-12-6-11-35-9-4-3-5-10-35)20(30)13-21-25(27)26-22(15-31-21)34(2)28(37)36(26)29/h7-8,13-15,28,37H,3-6,9-12,16-18H2,1-2H3. The molecule has 3 aromatic rings. The predicted molar refractivity (Wildman–Crippen MR) is 148 cm³/mol. The van der Waals surface area contributed by atoms with Crippen molar-refractivity contribution in [3.8, 4) is 22.8 Å². The molecule has 206 valence electrons. The van der Waals surface area contributed by atoms with E-state index in [-0.39, 0.29) is 0 Å². The Morgan fingerprint density at radius 3 is 2.69 bits per heavy atom. The van der Waals surface area contributed by atoms with E-state index in [1.54, 1.807) is 18.5 Å². The second-order valence-electron chi connectivity index (χ2n) is 11.5. The average molecular weight is 535 g/mol. The van der Waals surface area contributed by atoms with Crippen molar-refractivity contribution in [2.24, 2.45) is 0 Å². The molecule has 9 nitrogen and oxygen atoms in total. The normalized spacial score (nSPS) is 22.2. The van der Waals surface area contributed by atoms with Gasteiger partial charge in [0.25, 0.3) is 0 Å². The van der Waals surface area contributed by atoms with Gasteiger partial charge in [0.2, 0.25) is 12.2 Å². The molecule has 6 heterocycles. The van der Waals surface area contributed by atoms with Crippen LogP contribution < -0.4 is 19.3 Å². The molecule has 1 atom stereocenters. The summed E-state index contributed by atoms with van der Waals surface area (Å²) in [6.45, 7) is 5.79. The first-order valence-electron chi connectivity index (χ1n) is 13.9. The number of ether oxygens (including phenoxy) is 2. The summed E-state index contributed by atoms with van der Waals surface area (Å²) < 4.78 is 28.1. The fraction of sp³-hybridized carbons (Fsp3) is 0.517. The van der Waals surface area contributed by atoms with Crippen LogP contribution in [-0.4, -0.2) is 96.8 Å². The molecule has 4 aliphatic heterocycles. The first kappa shape index (κ1) is 24.8. The van der Waals surface area contributed by atoms with Crippen molar-refractivity contribution in [2.45, 2.75) is 37.6 Å². The van der Waals surface area contributed by atoms with Crippen LogP contribution in [0.2, 0.25) is 0 Å². The van der Waals surface area contributed by atoms with Gasteiger partial charge in [0.15, 0.2) is 0 Å². The van der Waals surface area contributed by atoms with Crippen LogP contribution in [0.4, 0.5) is 15.8 Å². The average Bonchev–Trinajstić information content (AvgIpc) is 3.08. The van der Waals surface area contributed by atoms with Gasteiger partial charge in [-0.1, -0.05) is 6.42 Å². The van der Waals surface area contributed by atoms with Crippen LogP contribution >= 0.6 is 0 Å². The van der Waals surface area contributed by atoms with E-state index >= 15 is 4.39 Å². The highest BCUT2D eigenvalue weighted by molar-refractivity contribution is 6.08. The number of pyridine rings is 2. The van der Waals surface area contributed by atoms with Gasteiger partial charge in [-0.05, 0) is 45.5 Å². The number of hydrogen-bond acceptors (Lipinski definition) is 9. The van der Waals surface area contributed by atoms with E-state index in [0.717, 1.165) is 42.8 Å². The molecule has 1 unspecified atom stereocenters. The van der Waals surface area contributed by atoms with Gasteiger partial charge in [0.1, 0.15) is 23.7 Å². The highest BCUT2D eigenvalue weighted by atomic mass is 19.1. The Hall–Kier alpha value is -3.21. The summed E-state index contributed by atoms with van der Waals surface area (Å²) in [6.07, 6.45) is 7.37. The predicted octanol–water partition coefficient (Wildman–Crippen LogP) is 3.30. The molecule has 1 N–H and O–H groups in total. The summed E-state index contributed by atoms with van der Waals surface area (Å²) in [5.41, 5.74) is 2.71. The minimum Gasteiger partial charge on any atom is -0.489 e. The van der Waals surface area contributed by atoms with Gasteiger partial charge in [-0.15, -0.1) is 0 Å². The Morgan fingerprint density at radius 1 is 1.13 bits per heavy atom. The van der Waals surface area contributed by atoms with E-state index in [4.69, 9.17) is 9.47 Å². The SMILES string of the molecule is CN1CC2(COc3c(-c4ccc(OCCCN5CCCCC5)nc4)c(F)cc4ncc5c(c34)N2C(O)N5C)C1. The molecule has 1 spiro atoms. The molecule has 10 heteroatoms. The monoisotopic (exact) mass is 534 g/mol. The zero-order valence-corrected chi connectivity index (χ0v) is 22.6. The molecule has 0 bridgehead atoms. The summed E-state index contributed by atoms with van der Waals surface area (Å²) in [5.74, 6) is 0.563. The molecule has 0 saturated carbocycles. The summed E-state index contributed by atoms with van der Waals surface area (Å²) >= 11 is 0. The Morgan fingerprint density at radius 2 is 1.95 bits per heavy atom. The Balaban J connectivity index is 1.20. The molecule has 39 heavy (non-hydrogen) atoms. The molecule has 0 aliphatic carbocycles. The fourth-order valence-electron chi connectivity index (χ4n) is 6.81. The van der Waals surface area contributed by atoms with Crippen molar-refractivity contribution in [1.29, 1.82) is 0 Å². The summed E-state index contributed by atoms with van der Waals surface area (Å²) in [5, 5.41) is 12.0. The highest BCUT2D eigenvalue weighted by Gasteiger charge is 2.55. The molecule has 2 fully saturated rings. The van der Waals surface area contributed by atoms with E-state index in [0.29, 0.717) is 41.5 Å². The van der Waals surface area contributed by atoms with E-state index in [1.807, 2.05) is 30.0 Å². The Bertz CT molecular complexity index is 1390. The van der Waals surface area contributed by atoms with Gasteiger partial charge in [-0.25, -0.2) is 9.37 Å². The van der Waals surface area contributed by atoms with Crippen molar-refractivity contribution < 1.29 is 19.0 Å². The van der Waals surface area contributed by atoms with Gasteiger partial charge in [-0.2, -0.15) is 0 Å². The Labute approximate surface area is 227 Å². The lowest BCUT2D eigenvalue weighted by Crippen LogP contribution is -2.74. The maximum atomic E-state index is 15.7. The summed E-state index contributed by atoms with van der Waals surface area (Å²) in [6, 6.07) is 5.09. The van der Waals surface area contributed by atoms with E-state index < -0.39 is 17.7 Å². The molecule has 4 aliphatic rings. The number of anilines is 2. The molecule has 0 radical (unpaired) electrons. The lowest BCUT2D eigenvalue weighted by molar-refractivity contribution is 0.0188. The third-order valence-electron chi connectivity index (χ3n) is 8.68. The van der Waals surface area contributed by atoms with Crippen molar-refractivity contribution >= 4 is 22.3 Å². The molecule has 2 saturated heterocycles. The van der Waals surface area contributed by atoms with Crippen LogP contribution in [0.1, 0.15) is 25.7 Å². The number of benzene rings is 1. The third-order valence-corrected chi connectivity index (χ3v) is 8.68. The molecular weight excluding hydrogens is 499 g/mol. The van der Waals surface area contributed by atoms with Crippen LogP contribution in [0.15, 0.2) is 30.6 Å². The second kappa shape index (κ2) is 9.46. The van der Waals surface area contributed by atoms with E-state index in [1.165, 1.54) is 38.4 Å². The lowest BCUT2D eigenvalue weighted by Gasteiger charge is -2.54. The van der Waals surface area contributed by atoms with Crippen LogP contribution in [0.25, 0.3) is 22.0 Å². The van der Waals surface area contributed by atoms with Crippen LogP contribution in [0.5, 0.6) is 11.6 Å². The smallest absolute Gasteiger partial charge is 0.213 e. The quantitative estimate of drug-likeness (QED) is 0.480. The highest BCUT2D eigenvalue weighted by Crippen LogP contribution is 2.54. The number of aliphatic hydroxyl groups is 1. The zero-order chi connectivity index (χ0) is 26.7. The fourth-order valence-corrected chi connectivity index (χ4v) is 6.81. The maximum absolute atomic E-state index is 15.7. The molecule has 1 aromatic carbocycles. The first-order chi connectivity index (χ1) is 18.9. The van der Waals surface area contributed by atoms with Crippen LogP contribution in [0.3, 0.4) is 0 Å². The summed E-state index contributed by atoms with van der Waals surface area (Å²) in [4.78, 5) is 17.6. The lowest BCUT2D eigenvalue weighted by atomic mass is 9.89. The van der Waals surface area contributed by atoms with Crippen molar-refractivity contribution in [2.75, 3.05) is 69.8 Å². The van der Waals surface area contributed by atoms with E-state index in [9.17, 15) is 5.11 Å². The molecule has 0 amide bonds. The number of hydrogen-bond donors (Lipinski definition) is 1. The zero-order valence-electron chi connectivity index (χ0n) is 22.6. The first-order valence-corrected chi connectivity index (χ1v) is 13.9.